The van der Waals surface area contributed by atoms with Gasteiger partial charge in [0, 0.05) is 19.0 Å². The first-order chi connectivity index (χ1) is 7.25. The van der Waals surface area contributed by atoms with Crippen molar-refractivity contribution in [3.8, 4) is 0 Å². The van der Waals surface area contributed by atoms with Gasteiger partial charge in [0.05, 0.1) is 0 Å². The van der Waals surface area contributed by atoms with Gasteiger partial charge in [0.2, 0.25) is 0 Å². The Morgan fingerprint density at radius 2 is 1.88 bits per heavy atom. The molecule has 0 amide bonds. The molecule has 0 unspecified atom stereocenters. The quantitative estimate of drug-likeness (QED) is 0.787. The standard InChI is InChI=1S/C13H18N2.HI/c1-10(2)15-13-9-12-6-4-3-5-11(12)7-8-14-13;/h3-6,10H,7-9H2,1-2H3,(H,14,15);1H. The number of aliphatic imine (C=N–C) groups is 1. The van der Waals surface area contributed by atoms with Crippen molar-refractivity contribution in [3.63, 3.8) is 0 Å². The molecule has 0 radical (unpaired) electrons. The summed E-state index contributed by atoms with van der Waals surface area (Å²) in [5, 5.41) is 3.41. The summed E-state index contributed by atoms with van der Waals surface area (Å²) in [7, 11) is 0. The fraction of sp³-hybridized carbons (Fsp3) is 0.462. The van der Waals surface area contributed by atoms with E-state index in [1.807, 2.05) is 0 Å². The number of halogens is 1. The van der Waals surface area contributed by atoms with Crippen LogP contribution in [0.4, 0.5) is 0 Å². The van der Waals surface area contributed by atoms with Crippen LogP contribution in [0.5, 0.6) is 0 Å². The number of benzene rings is 1. The fourth-order valence-electron chi connectivity index (χ4n) is 1.95. The number of nitrogens with one attached hydrogen (secondary N) is 1. The second-order valence-corrected chi connectivity index (χ2v) is 4.32. The molecule has 1 heterocycles. The number of nitrogens with zero attached hydrogens (tertiary/aromatic N) is 1. The van der Waals surface area contributed by atoms with Crippen LogP contribution in [0, 0.1) is 0 Å². The zero-order valence-electron chi connectivity index (χ0n) is 9.86. The Labute approximate surface area is 115 Å². The van der Waals surface area contributed by atoms with Crippen molar-refractivity contribution >= 4 is 29.8 Å². The highest BCUT2D eigenvalue weighted by molar-refractivity contribution is 14.0. The highest BCUT2D eigenvalue weighted by Gasteiger charge is 2.10. The Morgan fingerprint density at radius 3 is 2.56 bits per heavy atom. The van der Waals surface area contributed by atoms with Crippen LogP contribution in [-0.4, -0.2) is 18.4 Å². The third-order valence-corrected chi connectivity index (χ3v) is 2.62. The van der Waals surface area contributed by atoms with Gasteiger partial charge in [0.25, 0.3) is 0 Å². The van der Waals surface area contributed by atoms with Crippen LogP contribution in [0.2, 0.25) is 0 Å². The molecule has 0 aromatic heterocycles. The van der Waals surface area contributed by atoms with Crippen LogP contribution in [0.3, 0.4) is 0 Å². The van der Waals surface area contributed by atoms with Crippen LogP contribution >= 0.6 is 24.0 Å². The van der Waals surface area contributed by atoms with Gasteiger partial charge in [-0.1, -0.05) is 24.3 Å². The number of hydrogen-bond acceptors (Lipinski definition) is 2. The first-order valence-electron chi connectivity index (χ1n) is 5.62. The predicted molar refractivity (Wildman–Crippen MR) is 79.8 cm³/mol. The van der Waals surface area contributed by atoms with Gasteiger partial charge in [-0.25, -0.2) is 0 Å². The Balaban J connectivity index is 0.00000128. The van der Waals surface area contributed by atoms with Crippen molar-refractivity contribution < 1.29 is 0 Å². The molecule has 2 nitrogen and oxygen atoms in total. The number of rotatable bonds is 1. The smallest absolute Gasteiger partial charge is 0.101 e. The Bertz CT molecular complexity index is 372. The zero-order valence-corrected chi connectivity index (χ0v) is 12.2. The van der Waals surface area contributed by atoms with E-state index in [9.17, 15) is 0 Å². The van der Waals surface area contributed by atoms with Crippen LogP contribution in [0.25, 0.3) is 0 Å². The van der Waals surface area contributed by atoms with Crippen molar-refractivity contribution in [1.82, 2.24) is 5.32 Å². The molecule has 0 saturated carbocycles. The van der Waals surface area contributed by atoms with E-state index in [1.165, 1.54) is 11.1 Å². The molecule has 0 saturated heterocycles. The van der Waals surface area contributed by atoms with Crippen LogP contribution < -0.4 is 5.32 Å². The largest absolute Gasteiger partial charge is 0.371 e. The number of fused-ring (bicyclic) bond motifs is 1. The third kappa shape index (κ3) is 3.47. The second-order valence-electron chi connectivity index (χ2n) is 4.32. The Morgan fingerprint density at radius 1 is 1.19 bits per heavy atom. The minimum Gasteiger partial charge on any atom is -0.371 e. The van der Waals surface area contributed by atoms with E-state index >= 15 is 0 Å². The molecule has 1 aliphatic rings. The van der Waals surface area contributed by atoms with Gasteiger partial charge < -0.3 is 5.32 Å². The molecular formula is C13H19IN2. The zero-order chi connectivity index (χ0) is 10.7. The maximum absolute atomic E-state index is 4.58. The van der Waals surface area contributed by atoms with E-state index in [0.717, 1.165) is 25.2 Å². The molecule has 3 heteroatoms. The van der Waals surface area contributed by atoms with E-state index in [0.29, 0.717) is 6.04 Å². The first-order valence-corrected chi connectivity index (χ1v) is 5.62. The van der Waals surface area contributed by atoms with Crippen molar-refractivity contribution in [2.24, 2.45) is 4.99 Å². The van der Waals surface area contributed by atoms with Gasteiger partial charge in [0.15, 0.2) is 0 Å². The maximum atomic E-state index is 4.58. The minimum absolute atomic E-state index is 0. The van der Waals surface area contributed by atoms with Crippen molar-refractivity contribution in [2.45, 2.75) is 32.7 Å². The molecule has 1 aromatic rings. The van der Waals surface area contributed by atoms with E-state index < -0.39 is 0 Å². The molecule has 0 bridgehead atoms. The summed E-state index contributed by atoms with van der Waals surface area (Å²) in [6, 6.07) is 9.10. The van der Waals surface area contributed by atoms with Crippen molar-refractivity contribution in [2.75, 3.05) is 6.54 Å². The lowest BCUT2D eigenvalue weighted by Gasteiger charge is -2.12. The normalized spacial score (nSPS) is 14.6. The van der Waals surface area contributed by atoms with E-state index in [1.54, 1.807) is 0 Å². The van der Waals surface area contributed by atoms with E-state index in [4.69, 9.17) is 0 Å². The summed E-state index contributed by atoms with van der Waals surface area (Å²) >= 11 is 0. The molecule has 1 aromatic carbocycles. The lowest BCUT2D eigenvalue weighted by atomic mass is 10.0. The molecule has 0 fully saturated rings. The number of hydrogen-bond donors (Lipinski definition) is 1. The summed E-state index contributed by atoms with van der Waals surface area (Å²) in [5.41, 5.74) is 2.86. The van der Waals surface area contributed by atoms with Crippen LogP contribution in [-0.2, 0) is 12.8 Å². The lowest BCUT2D eigenvalue weighted by molar-refractivity contribution is 0.722. The average molecular weight is 330 g/mol. The van der Waals surface area contributed by atoms with Crippen molar-refractivity contribution in [3.05, 3.63) is 35.4 Å². The Kier molecular flexibility index (Phi) is 5.25. The molecule has 16 heavy (non-hydrogen) atoms. The van der Waals surface area contributed by atoms with Crippen LogP contribution in [0.15, 0.2) is 29.3 Å². The topological polar surface area (TPSA) is 24.4 Å². The van der Waals surface area contributed by atoms with Crippen LogP contribution in [0.1, 0.15) is 25.0 Å². The van der Waals surface area contributed by atoms with Gasteiger partial charge in [-0.3, -0.25) is 4.99 Å². The molecular weight excluding hydrogens is 311 g/mol. The fourth-order valence-corrected chi connectivity index (χ4v) is 1.95. The first kappa shape index (κ1) is 13.5. The molecule has 0 spiro atoms. The van der Waals surface area contributed by atoms with Gasteiger partial charge in [-0.05, 0) is 31.4 Å². The predicted octanol–water partition coefficient (Wildman–Crippen LogP) is 2.80. The maximum Gasteiger partial charge on any atom is 0.101 e. The molecule has 1 aliphatic heterocycles. The lowest BCUT2D eigenvalue weighted by Crippen LogP contribution is -2.31. The molecule has 1 N–H and O–H groups in total. The average Bonchev–Trinajstić information content (AvgIpc) is 2.38. The monoisotopic (exact) mass is 330 g/mol. The highest BCUT2D eigenvalue weighted by atomic mass is 127. The second kappa shape index (κ2) is 6.23. The molecule has 88 valence electrons. The van der Waals surface area contributed by atoms with Gasteiger partial charge in [-0.2, -0.15) is 0 Å². The third-order valence-electron chi connectivity index (χ3n) is 2.62. The molecule has 0 atom stereocenters. The van der Waals surface area contributed by atoms with E-state index in [-0.39, 0.29) is 24.0 Å². The summed E-state index contributed by atoms with van der Waals surface area (Å²) in [6.45, 7) is 5.21. The number of amidine groups is 1. The summed E-state index contributed by atoms with van der Waals surface area (Å²) in [4.78, 5) is 4.58. The minimum atomic E-state index is 0. The van der Waals surface area contributed by atoms with Gasteiger partial charge in [0.1, 0.15) is 5.84 Å². The van der Waals surface area contributed by atoms with Gasteiger partial charge >= 0.3 is 0 Å². The van der Waals surface area contributed by atoms with Crippen molar-refractivity contribution in [1.29, 1.82) is 0 Å². The summed E-state index contributed by atoms with van der Waals surface area (Å²) < 4.78 is 0. The highest BCUT2D eigenvalue weighted by Crippen LogP contribution is 2.13. The van der Waals surface area contributed by atoms with E-state index in [2.05, 4.69) is 48.4 Å². The molecule has 2 rings (SSSR count). The Hall–Kier alpha value is -0.580. The molecule has 0 aliphatic carbocycles. The summed E-state index contributed by atoms with van der Waals surface area (Å²) in [6.07, 6.45) is 2.02. The van der Waals surface area contributed by atoms with Gasteiger partial charge in [-0.15, -0.1) is 24.0 Å². The summed E-state index contributed by atoms with van der Waals surface area (Å²) in [5.74, 6) is 1.13. The SMILES string of the molecule is CC(C)NC1=NCCc2ccccc2C1.I.